The zero-order chi connectivity index (χ0) is 12.8. The van der Waals surface area contributed by atoms with Crippen molar-refractivity contribution in [1.29, 1.82) is 0 Å². The van der Waals surface area contributed by atoms with Crippen molar-refractivity contribution < 1.29 is 4.74 Å². The molecule has 0 aliphatic heterocycles. The van der Waals surface area contributed by atoms with E-state index >= 15 is 0 Å². The summed E-state index contributed by atoms with van der Waals surface area (Å²) in [5.74, 6) is 0.944. The molecule has 0 radical (unpaired) electrons. The maximum atomic E-state index is 5.77. The molecule has 0 atom stereocenters. The predicted molar refractivity (Wildman–Crippen MR) is 75.6 cm³/mol. The fraction of sp³-hybridized carbons (Fsp3) is 0.250. The van der Waals surface area contributed by atoms with Gasteiger partial charge in [0.2, 0.25) is 0 Å². The van der Waals surface area contributed by atoms with E-state index in [2.05, 4.69) is 37.3 Å². The highest BCUT2D eigenvalue weighted by Crippen LogP contribution is 2.29. The highest BCUT2D eigenvalue weighted by Gasteiger charge is 2.05. The molecule has 0 bridgehead atoms. The third kappa shape index (κ3) is 2.90. The van der Waals surface area contributed by atoms with Gasteiger partial charge in [-0.05, 0) is 23.6 Å². The lowest BCUT2D eigenvalue weighted by atomic mass is 10.0. The van der Waals surface area contributed by atoms with Crippen molar-refractivity contribution in [2.45, 2.75) is 19.9 Å². The molecule has 0 saturated heterocycles. The standard InChI is InChI=1S/C16H19NO/c1-2-11-18-16-6-4-3-5-15(16)14-9-7-13(12-17)8-10-14/h3-10H,2,11-12,17H2,1H3. The molecule has 0 fully saturated rings. The summed E-state index contributed by atoms with van der Waals surface area (Å²) in [6.07, 6.45) is 1.01. The van der Waals surface area contributed by atoms with Gasteiger partial charge in [0.15, 0.2) is 0 Å². The molecular formula is C16H19NO. The maximum Gasteiger partial charge on any atom is 0.127 e. The Bertz CT molecular complexity index is 491. The van der Waals surface area contributed by atoms with E-state index in [4.69, 9.17) is 10.5 Å². The summed E-state index contributed by atoms with van der Waals surface area (Å²) in [5, 5.41) is 0. The zero-order valence-electron chi connectivity index (χ0n) is 10.7. The van der Waals surface area contributed by atoms with Gasteiger partial charge in [-0.25, -0.2) is 0 Å². The van der Waals surface area contributed by atoms with Gasteiger partial charge in [0.05, 0.1) is 6.61 Å². The largest absolute Gasteiger partial charge is 0.493 e. The van der Waals surface area contributed by atoms with Crippen molar-refractivity contribution in [2.75, 3.05) is 6.61 Å². The molecule has 2 rings (SSSR count). The quantitative estimate of drug-likeness (QED) is 0.868. The molecule has 2 nitrogen and oxygen atoms in total. The van der Waals surface area contributed by atoms with Crippen LogP contribution in [-0.4, -0.2) is 6.61 Å². The van der Waals surface area contributed by atoms with Gasteiger partial charge in [-0.1, -0.05) is 49.4 Å². The third-order valence-electron chi connectivity index (χ3n) is 2.85. The van der Waals surface area contributed by atoms with Crippen molar-refractivity contribution in [2.24, 2.45) is 5.73 Å². The highest BCUT2D eigenvalue weighted by molar-refractivity contribution is 5.70. The van der Waals surface area contributed by atoms with Crippen LogP contribution in [0.1, 0.15) is 18.9 Å². The normalized spacial score (nSPS) is 10.3. The number of hydrogen-bond donors (Lipinski definition) is 1. The minimum atomic E-state index is 0.578. The Hall–Kier alpha value is -1.80. The van der Waals surface area contributed by atoms with Crippen LogP contribution in [0.15, 0.2) is 48.5 Å². The van der Waals surface area contributed by atoms with Crippen LogP contribution in [-0.2, 0) is 6.54 Å². The topological polar surface area (TPSA) is 35.2 Å². The highest BCUT2D eigenvalue weighted by atomic mass is 16.5. The van der Waals surface area contributed by atoms with E-state index < -0.39 is 0 Å². The molecule has 0 aliphatic carbocycles. The van der Waals surface area contributed by atoms with Gasteiger partial charge in [0.25, 0.3) is 0 Å². The Morgan fingerprint density at radius 3 is 2.39 bits per heavy atom. The van der Waals surface area contributed by atoms with Crippen molar-refractivity contribution in [1.82, 2.24) is 0 Å². The van der Waals surface area contributed by atoms with E-state index in [1.165, 1.54) is 5.56 Å². The predicted octanol–water partition coefficient (Wildman–Crippen LogP) is 3.60. The number of benzene rings is 2. The molecule has 2 aromatic rings. The first-order valence-electron chi connectivity index (χ1n) is 6.36. The smallest absolute Gasteiger partial charge is 0.127 e. The van der Waals surface area contributed by atoms with Crippen LogP contribution in [0, 0.1) is 0 Å². The lowest BCUT2D eigenvalue weighted by molar-refractivity contribution is 0.318. The summed E-state index contributed by atoms with van der Waals surface area (Å²) in [5.41, 5.74) is 9.05. The van der Waals surface area contributed by atoms with Gasteiger partial charge in [-0.3, -0.25) is 0 Å². The van der Waals surface area contributed by atoms with E-state index in [0.29, 0.717) is 6.54 Å². The molecule has 18 heavy (non-hydrogen) atoms. The van der Waals surface area contributed by atoms with Crippen LogP contribution in [0.2, 0.25) is 0 Å². The van der Waals surface area contributed by atoms with Gasteiger partial charge in [0, 0.05) is 12.1 Å². The minimum Gasteiger partial charge on any atom is -0.493 e. The molecule has 2 aromatic carbocycles. The summed E-state index contributed by atoms with van der Waals surface area (Å²) in [7, 11) is 0. The molecule has 0 aromatic heterocycles. The second-order valence-corrected chi connectivity index (χ2v) is 4.25. The first-order valence-corrected chi connectivity index (χ1v) is 6.36. The molecular weight excluding hydrogens is 222 g/mol. The van der Waals surface area contributed by atoms with Crippen LogP contribution in [0.3, 0.4) is 0 Å². The van der Waals surface area contributed by atoms with Crippen molar-refractivity contribution >= 4 is 0 Å². The number of rotatable bonds is 5. The summed E-state index contributed by atoms with van der Waals surface area (Å²) in [6.45, 7) is 3.44. The monoisotopic (exact) mass is 241 g/mol. The molecule has 0 heterocycles. The Kier molecular flexibility index (Phi) is 4.37. The maximum absolute atomic E-state index is 5.77. The summed E-state index contributed by atoms with van der Waals surface area (Å²) in [4.78, 5) is 0. The molecule has 0 aliphatic rings. The fourth-order valence-electron chi connectivity index (χ4n) is 1.86. The molecule has 2 N–H and O–H groups in total. The van der Waals surface area contributed by atoms with Gasteiger partial charge in [0.1, 0.15) is 5.75 Å². The van der Waals surface area contributed by atoms with E-state index in [1.54, 1.807) is 0 Å². The summed E-state index contributed by atoms with van der Waals surface area (Å²) < 4.78 is 5.77. The lowest BCUT2D eigenvalue weighted by Crippen LogP contribution is -1.97. The number of ether oxygens (including phenoxy) is 1. The van der Waals surface area contributed by atoms with Gasteiger partial charge >= 0.3 is 0 Å². The second-order valence-electron chi connectivity index (χ2n) is 4.25. The first-order chi connectivity index (χ1) is 8.85. The van der Waals surface area contributed by atoms with E-state index in [-0.39, 0.29) is 0 Å². The summed E-state index contributed by atoms with van der Waals surface area (Å²) >= 11 is 0. The van der Waals surface area contributed by atoms with Crippen LogP contribution in [0.25, 0.3) is 11.1 Å². The van der Waals surface area contributed by atoms with E-state index in [1.807, 2.05) is 18.2 Å². The molecule has 2 heteroatoms. The van der Waals surface area contributed by atoms with Crippen molar-refractivity contribution in [3.05, 3.63) is 54.1 Å². The van der Waals surface area contributed by atoms with Gasteiger partial charge in [-0.15, -0.1) is 0 Å². The van der Waals surface area contributed by atoms with E-state index in [9.17, 15) is 0 Å². The summed E-state index contributed by atoms with van der Waals surface area (Å²) in [6, 6.07) is 16.4. The Morgan fingerprint density at radius 2 is 1.72 bits per heavy atom. The number of hydrogen-bond acceptors (Lipinski definition) is 2. The van der Waals surface area contributed by atoms with Gasteiger partial charge in [-0.2, -0.15) is 0 Å². The zero-order valence-corrected chi connectivity index (χ0v) is 10.7. The molecule has 0 saturated carbocycles. The molecule has 0 spiro atoms. The number of nitrogens with two attached hydrogens (primary N) is 1. The van der Waals surface area contributed by atoms with E-state index in [0.717, 1.165) is 29.9 Å². The molecule has 0 unspecified atom stereocenters. The van der Waals surface area contributed by atoms with Crippen molar-refractivity contribution in [3.63, 3.8) is 0 Å². The average Bonchev–Trinajstić information content (AvgIpc) is 2.45. The Morgan fingerprint density at radius 1 is 1.00 bits per heavy atom. The van der Waals surface area contributed by atoms with Crippen LogP contribution < -0.4 is 10.5 Å². The lowest BCUT2D eigenvalue weighted by Gasteiger charge is -2.11. The third-order valence-corrected chi connectivity index (χ3v) is 2.85. The fourth-order valence-corrected chi connectivity index (χ4v) is 1.86. The SMILES string of the molecule is CCCOc1ccccc1-c1ccc(CN)cc1. The van der Waals surface area contributed by atoms with Crippen LogP contribution in [0.5, 0.6) is 5.75 Å². The van der Waals surface area contributed by atoms with Gasteiger partial charge < -0.3 is 10.5 Å². The number of para-hydroxylation sites is 1. The van der Waals surface area contributed by atoms with Crippen LogP contribution in [0.4, 0.5) is 0 Å². The average molecular weight is 241 g/mol. The minimum absolute atomic E-state index is 0.578. The van der Waals surface area contributed by atoms with Crippen molar-refractivity contribution in [3.8, 4) is 16.9 Å². The molecule has 0 amide bonds. The Balaban J connectivity index is 2.30. The van der Waals surface area contributed by atoms with Crippen LogP contribution >= 0.6 is 0 Å². The molecule has 94 valence electrons. The Labute approximate surface area is 108 Å². The first kappa shape index (κ1) is 12.7. The second kappa shape index (κ2) is 6.22.